The minimum atomic E-state index is -1.64. The van der Waals surface area contributed by atoms with Crippen molar-refractivity contribution in [1.29, 1.82) is 0 Å². The van der Waals surface area contributed by atoms with Gasteiger partial charge in [-0.15, -0.1) is 0 Å². The first-order valence-corrected chi connectivity index (χ1v) is 11.4. The maximum absolute atomic E-state index is 10.9. The van der Waals surface area contributed by atoms with Gasteiger partial charge in [0.2, 0.25) is 0 Å². The van der Waals surface area contributed by atoms with E-state index in [1.807, 2.05) is 0 Å². The average Bonchev–Trinajstić information content (AvgIpc) is 2.81. The highest BCUT2D eigenvalue weighted by Crippen LogP contribution is 2.34. The van der Waals surface area contributed by atoms with Crippen LogP contribution < -0.4 is 0 Å². The predicted octanol–water partition coefficient (Wildman–Crippen LogP) is -3.55. The molecule has 2 saturated heterocycles. The first-order chi connectivity index (χ1) is 16.0. The standard InChI is InChI=1S/C21H38O13/c1-7-5-9(12(24)15(27)17(7)29-3)32-18-13(25)10(6-22)33-20(16(18)28)34-19-14(26)11(23)8(2)31-21(19)30-4/h7-28H,5-6H2,1-4H3. The van der Waals surface area contributed by atoms with Gasteiger partial charge in [0.1, 0.15) is 54.9 Å². The summed E-state index contributed by atoms with van der Waals surface area (Å²) in [6, 6.07) is 0. The largest absolute Gasteiger partial charge is 0.394 e. The normalized spacial score (nSPS) is 52.5. The summed E-state index contributed by atoms with van der Waals surface area (Å²) in [5.74, 6) is -0.205. The predicted molar refractivity (Wildman–Crippen MR) is 111 cm³/mol. The minimum absolute atomic E-state index is 0.205. The third kappa shape index (κ3) is 5.42. The van der Waals surface area contributed by atoms with Crippen molar-refractivity contribution in [3.8, 4) is 0 Å². The zero-order valence-electron chi connectivity index (χ0n) is 19.7. The quantitative estimate of drug-likeness (QED) is 0.182. The van der Waals surface area contributed by atoms with E-state index >= 15 is 0 Å². The molecule has 34 heavy (non-hydrogen) atoms. The molecule has 3 aliphatic rings. The Bertz CT molecular complexity index is 638. The van der Waals surface area contributed by atoms with Crippen LogP contribution in [0.25, 0.3) is 0 Å². The van der Waals surface area contributed by atoms with Gasteiger partial charge in [-0.2, -0.15) is 0 Å². The number of rotatable bonds is 7. The van der Waals surface area contributed by atoms with Gasteiger partial charge in [0.05, 0.1) is 24.9 Å². The van der Waals surface area contributed by atoms with E-state index in [0.717, 1.165) is 0 Å². The molecular formula is C21H38O13. The molecule has 15 unspecified atom stereocenters. The molecule has 3 fully saturated rings. The Morgan fingerprint density at radius 3 is 1.91 bits per heavy atom. The van der Waals surface area contributed by atoms with Crippen LogP contribution in [0.4, 0.5) is 0 Å². The van der Waals surface area contributed by atoms with Crippen molar-refractivity contribution >= 4 is 0 Å². The summed E-state index contributed by atoms with van der Waals surface area (Å²) in [6.45, 7) is 2.70. The smallest absolute Gasteiger partial charge is 0.187 e. The van der Waals surface area contributed by atoms with Crippen molar-refractivity contribution in [1.82, 2.24) is 0 Å². The Morgan fingerprint density at radius 1 is 0.676 bits per heavy atom. The lowest BCUT2D eigenvalue weighted by Gasteiger charge is -2.48. The topological polar surface area (TPSA) is 197 Å². The molecule has 0 aromatic heterocycles. The Kier molecular flexibility index (Phi) is 9.64. The highest BCUT2D eigenvalue weighted by molar-refractivity contribution is 4.97. The summed E-state index contributed by atoms with van der Waals surface area (Å²) in [4.78, 5) is 0. The molecule has 0 aromatic rings. The monoisotopic (exact) mass is 498 g/mol. The molecule has 3 rings (SSSR count). The Hall–Kier alpha value is -0.520. The second kappa shape index (κ2) is 11.7. The van der Waals surface area contributed by atoms with Crippen LogP contribution in [-0.2, 0) is 28.4 Å². The second-order valence-corrected chi connectivity index (χ2v) is 9.27. The van der Waals surface area contributed by atoms with Crippen molar-refractivity contribution < 1.29 is 64.2 Å². The fourth-order valence-electron chi connectivity index (χ4n) is 4.92. The first-order valence-electron chi connectivity index (χ1n) is 11.4. The lowest BCUT2D eigenvalue weighted by molar-refractivity contribution is -0.368. The van der Waals surface area contributed by atoms with Gasteiger partial charge in [-0.1, -0.05) is 6.92 Å². The lowest BCUT2D eigenvalue weighted by atomic mass is 9.81. The molecule has 2 aliphatic heterocycles. The van der Waals surface area contributed by atoms with Gasteiger partial charge in [-0.25, -0.2) is 0 Å². The summed E-state index contributed by atoms with van der Waals surface area (Å²) in [5, 5.41) is 72.9. The molecular weight excluding hydrogens is 460 g/mol. The van der Waals surface area contributed by atoms with E-state index in [-0.39, 0.29) is 12.3 Å². The number of aliphatic hydroxyl groups is 7. The number of ether oxygens (including phenoxy) is 6. The van der Waals surface area contributed by atoms with Crippen molar-refractivity contribution in [3.63, 3.8) is 0 Å². The molecule has 13 heteroatoms. The molecule has 2 heterocycles. The molecule has 0 radical (unpaired) electrons. The Labute approximate surface area is 197 Å². The van der Waals surface area contributed by atoms with Crippen molar-refractivity contribution in [2.45, 2.75) is 106 Å². The average molecular weight is 499 g/mol. The molecule has 0 aromatic carbocycles. The van der Waals surface area contributed by atoms with E-state index in [1.54, 1.807) is 13.8 Å². The van der Waals surface area contributed by atoms with Crippen LogP contribution in [0.2, 0.25) is 0 Å². The van der Waals surface area contributed by atoms with Crippen molar-refractivity contribution in [2.24, 2.45) is 5.92 Å². The summed E-state index contributed by atoms with van der Waals surface area (Å²) < 4.78 is 33.0. The van der Waals surface area contributed by atoms with Gasteiger partial charge in [0, 0.05) is 14.2 Å². The molecule has 0 bridgehead atoms. The fraction of sp³-hybridized carbons (Fsp3) is 1.00. The van der Waals surface area contributed by atoms with Crippen molar-refractivity contribution in [2.75, 3.05) is 20.8 Å². The third-order valence-corrected chi connectivity index (χ3v) is 6.97. The van der Waals surface area contributed by atoms with Crippen LogP contribution in [0.5, 0.6) is 0 Å². The lowest BCUT2D eigenvalue weighted by Crippen LogP contribution is -2.65. The minimum Gasteiger partial charge on any atom is -0.394 e. The van der Waals surface area contributed by atoms with E-state index in [2.05, 4.69) is 0 Å². The van der Waals surface area contributed by atoms with Gasteiger partial charge in [-0.3, -0.25) is 0 Å². The van der Waals surface area contributed by atoms with Gasteiger partial charge in [0.25, 0.3) is 0 Å². The zero-order valence-corrected chi connectivity index (χ0v) is 19.7. The Balaban J connectivity index is 1.77. The van der Waals surface area contributed by atoms with Crippen molar-refractivity contribution in [3.05, 3.63) is 0 Å². The van der Waals surface area contributed by atoms with Gasteiger partial charge >= 0.3 is 0 Å². The maximum atomic E-state index is 10.9. The highest BCUT2D eigenvalue weighted by atomic mass is 16.8. The molecule has 200 valence electrons. The van der Waals surface area contributed by atoms with Crippen LogP contribution >= 0.6 is 0 Å². The number of aliphatic hydroxyl groups excluding tert-OH is 7. The van der Waals surface area contributed by atoms with Crippen LogP contribution in [0.15, 0.2) is 0 Å². The number of methoxy groups -OCH3 is 2. The SMILES string of the molecule is COC1OC(C)C(O)C(O)C1OC1OC(CO)C(O)C(OC2CC(C)C(OC)C(O)C2O)C1O. The fourth-order valence-corrected chi connectivity index (χ4v) is 4.92. The second-order valence-electron chi connectivity index (χ2n) is 9.27. The summed E-state index contributed by atoms with van der Waals surface area (Å²) in [7, 11) is 2.74. The van der Waals surface area contributed by atoms with Crippen LogP contribution in [0, 0.1) is 5.92 Å². The van der Waals surface area contributed by atoms with E-state index in [1.165, 1.54) is 14.2 Å². The molecule has 15 atom stereocenters. The van der Waals surface area contributed by atoms with Gasteiger partial charge in [0.15, 0.2) is 12.6 Å². The molecule has 7 N–H and O–H groups in total. The number of hydrogen-bond acceptors (Lipinski definition) is 13. The molecule has 0 spiro atoms. The molecule has 1 saturated carbocycles. The maximum Gasteiger partial charge on any atom is 0.187 e. The molecule has 13 nitrogen and oxygen atoms in total. The Morgan fingerprint density at radius 2 is 1.32 bits per heavy atom. The number of hydrogen-bond donors (Lipinski definition) is 7. The van der Waals surface area contributed by atoms with Gasteiger partial charge in [-0.05, 0) is 19.3 Å². The van der Waals surface area contributed by atoms with Crippen LogP contribution in [0.3, 0.4) is 0 Å². The first kappa shape index (κ1) is 28.1. The van der Waals surface area contributed by atoms with E-state index < -0.39 is 92.4 Å². The van der Waals surface area contributed by atoms with Gasteiger partial charge < -0.3 is 64.2 Å². The highest BCUT2D eigenvalue weighted by Gasteiger charge is 2.52. The van der Waals surface area contributed by atoms with Crippen LogP contribution in [0.1, 0.15) is 20.3 Å². The summed E-state index contributed by atoms with van der Waals surface area (Å²) in [6.07, 6.45) is -17.1. The summed E-state index contributed by atoms with van der Waals surface area (Å²) >= 11 is 0. The van der Waals surface area contributed by atoms with E-state index in [4.69, 9.17) is 28.4 Å². The third-order valence-electron chi connectivity index (χ3n) is 6.97. The molecule has 1 aliphatic carbocycles. The summed E-state index contributed by atoms with van der Waals surface area (Å²) in [5.41, 5.74) is 0. The molecule has 0 amide bonds. The van der Waals surface area contributed by atoms with E-state index in [9.17, 15) is 35.7 Å². The van der Waals surface area contributed by atoms with Crippen LogP contribution in [-0.4, -0.2) is 142 Å². The van der Waals surface area contributed by atoms with E-state index in [0.29, 0.717) is 0 Å². The zero-order chi connectivity index (χ0) is 25.3.